The summed E-state index contributed by atoms with van der Waals surface area (Å²) in [4.78, 5) is 25.3. The summed E-state index contributed by atoms with van der Waals surface area (Å²) in [6.45, 7) is 4.46. The molecule has 1 aromatic rings. The summed E-state index contributed by atoms with van der Waals surface area (Å²) in [7, 11) is 0. The molecule has 1 aliphatic heterocycles. The molecule has 2 unspecified atom stereocenters. The van der Waals surface area contributed by atoms with Gasteiger partial charge >= 0.3 is 5.97 Å². The molecular weight excluding hydrogens is 254 g/mol. The molecule has 0 spiro atoms. The molecule has 1 heterocycles. The van der Waals surface area contributed by atoms with E-state index in [1.54, 1.807) is 0 Å². The number of carbonyl (C=O) groups is 2. The molecule has 0 saturated carbocycles. The average Bonchev–Trinajstić information content (AvgIpc) is 2.45. The monoisotopic (exact) mass is 275 g/mol. The minimum atomic E-state index is -0.919. The molecular formula is C16H21NO3. The third kappa shape index (κ3) is 3.00. The molecule has 4 nitrogen and oxygen atoms in total. The number of aliphatic carboxylic acids is 1. The Kier molecular flexibility index (Phi) is 4.42. The van der Waals surface area contributed by atoms with Crippen molar-refractivity contribution in [2.45, 2.75) is 45.7 Å². The van der Waals surface area contributed by atoms with Crippen LogP contribution in [0.5, 0.6) is 0 Å². The highest BCUT2D eigenvalue weighted by Crippen LogP contribution is 2.25. The lowest BCUT2D eigenvalue weighted by atomic mass is 9.93. The van der Waals surface area contributed by atoms with Crippen LogP contribution in [0.2, 0.25) is 0 Å². The molecule has 108 valence electrons. The van der Waals surface area contributed by atoms with E-state index in [0.717, 1.165) is 17.5 Å². The molecule has 2 atom stereocenters. The van der Waals surface area contributed by atoms with Gasteiger partial charge in [-0.25, -0.2) is 4.79 Å². The summed E-state index contributed by atoms with van der Waals surface area (Å²) in [5.74, 6) is -0.688. The lowest BCUT2D eigenvalue weighted by Crippen LogP contribution is -2.48. The fourth-order valence-corrected chi connectivity index (χ4v) is 2.57. The first-order valence-electron chi connectivity index (χ1n) is 7.12. The van der Waals surface area contributed by atoms with Gasteiger partial charge in [0.2, 0.25) is 5.91 Å². The van der Waals surface area contributed by atoms with Crippen LogP contribution in [0.25, 0.3) is 0 Å². The molecule has 1 aromatic carbocycles. The van der Waals surface area contributed by atoms with Crippen LogP contribution in [0.4, 0.5) is 0 Å². The van der Waals surface area contributed by atoms with Gasteiger partial charge < -0.3 is 10.0 Å². The van der Waals surface area contributed by atoms with E-state index in [0.29, 0.717) is 19.4 Å². The number of rotatable bonds is 4. The molecule has 4 heteroatoms. The zero-order valence-corrected chi connectivity index (χ0v) is 12.0. The van der Waals surface area contributed by atoms with Crippen LogP contribution in [-0.2, 0) is 22.6 Å². The van der Waals surface area contributed by atoms with Crippen molar-refractivity contribution in [2.75, 3.05) is 0 Å². The highest BCUT2D eigenvalue weighted by Gasteiger charge is 2.34. The molecule has 0 aromatic heterocycles. The second-order valence-electron chi connectivity index (χ2n) is 5.57. The van der Waals surface area contributed by atoms with Crippen LogP contribution < -0.4 is 0 Å². The quantitative estimate of drug-likeness (QED) is 0.918. The predicted molar refractivity (Wildman–Crippen MR) is 76.2 cm³/mol. The highest BCUT2D eigenvalue weighted by molar-refractivity contribution is 5.84. The maximum absolute atomic E-state index is 12.4. The number of carbonyl (C=O) groups excluding carboxylic acids is 1. The average molecular weight is 275 g/mol. The van der Waals surface area contributed by atoms with Crippen molar-refractivity contribution in [1.29, 1.82) is 0 Å². The highest BCUT2D eigenvalue weighted by atomic mass is 16.4. The summed E-state index contributed by atoms with van der Waals surface area (Å²) in [5, 5.41) is 9.38. The Morgan fingerprint density at radius 3 is 2.60 bits per heavy atom. The van der Waals surface area contributed by atoms with Crippen molar-refractivity contribution in [1.82, 2.24) is 4.90 Å². The predicted octanol–water partition coefficient (Wildman–Crippen LogP) is 2.46. The topological polar surface area (TPSA) is 57.6 Å². The molecule has 1 aliphatic rings. The van der Waals surface area contributed by atoms with Gasteiger partial charge in [-0.1, -0.05) is 44.5 Å². The van der Waals surface area contributed by atoms with E-state index in [-0.39, 0.29) is 11.8 Å². The first kappa shape index (κ1) is 14.6. The second-order valence-corrected chi connectivity index (χ2v) is 5.57. The summed E-state index contributed by atoms with van der Waals surface area (Å²) in [6, 6.07) is 7.02. The van der Waals surface area contributed by atoms with E-state index in [2.05, 4.69) is 0 Å². The van der Waals surface area contributed by atoms with Crippen molar-refractivity contribution in [3.8, 4) is 0 Å². The maximum atomic E-state index is 12.4. The summed E-state index contributed by atoms with van der Waals surface area (Å²) >= 11 is 0. The Hall–Kier alpha value is -1.84. The molecule has 0 radical (unpaired) electrons. The molecule has 0 saturated heterocycles. The van der Waals surface area contributed by atoms with Gasteiger partial charge in [-0.15, -0.1) is 0 Å². The van der Waals surface area contributed by atoms with Crippen LogP contribution in [0.15, 0.2) is 24.3 Å². The summed E-state index contributed by atoms with van der Waals surface area (Å²) in [6.07, 6.45) is 1.74. The fourth-order valence-electron chi connectivity index (χ4n) is 2.57. The molecule has 0 bridgehead atoms. The standard InChI is InChI=1S/C16H21NO3/c1-3-11(2)8-15(18)17-10-13-7-5-4-6-12(13)9-14(17)16(19)20/h4-7,11,14H,3,8-10H2,1-2H3,(H,19,20). The van der Waals surface area contributed by atoms with Gasteiger partial charge in [0.15, 0.2) is 0 Å². The van der Waals surface area contributed by atoms with Gasteiger partial charge in [0.25, 0.3) is 0 Å². The number of hydrogen-bond acceptors (Lipinski definition) is 2. The Labute approximate surface area is 119 Å². The normalized spacial score (nSPS) is 19.3. The van der Waals surface area contributed by atoms with E-state index in [1.807, 2.05) is 38.1 Å². The van der Waals surface area contributed by atoms with Crippen LogP contribution in [0.3, 0.4) is 0 Å². The van der Waals surface area contributed by atoms with Gasteiger partial charge in [-0.05, 0) is 17.0 Å². The van der Waals surface area contributed by atoms with Crippen molar-refractivity contribution >= 4 is 11.9 Å². The van der Waals surface area contributed by atoms with Crippen LogP contribution in [0, 0.1) is 5.92 Å². The van der Waals surface area contributed by atoms with Gasteiger partial charge in [0.05, 0.1) is 0 Å². The number of hydrogen-bond donors (Lipinski definition) is 1. The lowest BCUT2D eigenvalue weighted by molar-refractivity contribution is -0.151. The number of amides is 1. The number of benzene rings is 1. The molecule has 1 N–H and O–H groups in total. The zero-order chi connectivity index (χ0) is 14.7. The van der Waals surface area contributed by atoms with Gasteiger partial charge in [0, 0.05) is 19.4 Å². The lowest BCUT2D eigenvalue weighted by Gasteiger charge is -2.35. The Balaban J connectivity index is 2.22. The number of fused-ring (bicyclic) bond motifs is 1. The van der Waals surface area contributed by atoms with E-state index < -0.39 is 12.0 Å². The largest absolute Gasteiger partial charge is 0.480 e. The first-order valence-corrected chi connectivity index (χ1v) is 7.12. The van der Waals surface area contributed by atoms with Gasteiger partial charge in [-0.2, -0.15) is 0 Å². The zero-order valence-electron chi connectivity index (χ0n) is 12.0. The van der Waals surface area contributed by atoms with Crippen LogP contribution in [0.1, 0.15) is 37.8 Å². The Morgan fingerprint density at radius 1 is 1.35 bits per heavy atom. The minimum absolute atomic E-state index is 0.0544. The summed E-state index contributed by atoms with van der Waals surface area (Å²) < 4.78 is 0. The minimum Gasteiger partial charge on any atom is -0.480 e. The van der Waals surface area contributed by atoms with Crippen LogP contribution in [-0.4, -0.2) is 27.9 Å². The maximum Gasteiger partial charge on any atom is 0.326 e. The third-order valence-electron chi connectivity index (χ3n) is 4.07. The van der Waals surface area contributed by atoms with Crippen LogP contribution >= 0.6 is 0 Å². The first-order chi connectivity index (χ1) is 9.52. The van der Waals surface area contributed by atoms with Crippen molar-refractivity contribution in [2.24, 2.45) is 5.92 Å². The molecule has 0 fully saturated rings. The fraction of sp³-hybridized carbons (Fsp3) is 0.500. The molecule has 1 amide bonds. The molecule has 20 heavy (non-hydrogen) atoms. The number of carboxylic acid groups (broad SMARTS) is 1. The molecule has 0 aliphatic carbocycles. The SMILES string of the molecule is CCC(C)CC(=O)N1Cc2ccccc2CC1C(=O)O. The van der Waals surface area contributed by atoms with Crippen molar-refractivity contribution in [3.63, 3.8) is 0 Å². The number of nitrogens with zero attached hydrogens (tertiary/aromatic N) is 1. The van der Waals surface area contributed by atoms with Crippen molar-refractivity contribution < 1.29 is 14.7 Å². The van der Waals surface area contributed by atoms with Gasteiger partial charge in [0.1, 0.15) is 6.04 Å². The third-order valence-corrected chi connectivity index (χ3v) is 4.07. The van der Waals surface area contributed by atoms with E-state index in [9.17, 15) is 14.7 Å². The molecule has 2 rings (SSSR count). The summed E-state index contributed by atoms with van der Waals surface area (Å²) in [5.41, 5.74) is 2.09. The Morgan fingerprint density at radius 2 is 2.00 bits per heavy atom. The second kappa shape index (κ2) is 6.07. The van der Waals surface area contributed by atoms with E-state index in [4.69, 9.17) is 0 Å². The van der Waals surface area contributed by atoms with Gasteiger partial charge in [-0.3, -0.25) is 4.79 Å². The van der Waals surface area contributed by atoms with E-state index >= 15 is 0 Å². The Bertz CT molecular complexity index is 512. The van der Waals surface area contributed by atoms with Crippen molar-refractivity contribution in [3.05, 3.63) is 35.4 Å². The smallest absolute Gasteiger partial charge is 0.326 e. The number of carboxylic acids is 1. The van der Waals surface area contributed by atoms with E-state index in [1.165, 1.54) is 4.90 Å².